The number of thioether (sulfide) groups is 2. The Morgan fingerprint density at radius 1 is 0.643 bits per heavy atom. The molecule has 17 heteroatoms. The average Bonchev–Trinajstić information content (AvgIpc) is 3.47. The van der Waals surface area contributed by atoms with E-state index in [1.165, 1.54) is 23.5 Å². The maximum absolute atomic E-state index is 13.7. The zero-order chi connectivity index (χ0) is 40.3. The predicted molar refractivity (Wildman–Crippen MR) is 229 cm³/mol. The van der Waals surface area contributed by atoms with Gasteiger partial charge in [0.1, 0.15) is 0 Å². The second-order valence-corrected chi connectivity index (χ2v) is 19.0. The average molecular weight is 846 g/mol. The van der Waals surface area contributed by atoms with Gasteiger partial charge in [-0.2, -0.15) is 0 Å². The third kappa shape index (κ3) is 11.0. The van der Waals surface area contributed by atoms with Crippen LogP contribution in [-0.2, 0) is 39.1 Å². The first-order valence-corrected chi connectivity index (χ1v) is 23.1. The summed E-state index contributed by atoms with van der Waals surface area (Å²) in [5.74, 6) is 0.522. The maximum atomic E-state index is 13.7. The molecule has 56 heavy (non-hydrogen) atoms. The maximum Gasteiger partial charge on any atom is 0.261 e. The van der Waals surface area contributed by atoms with Crippen LogP contribution in [0.15, 0.2) is 92.4 Å². The quantitative estimate of drug-likeness (QED) is 0.101. The van der Waals surface area contributed by atoms with E-state index in [1.807, 2.05) is 74.4 Å². The topological polar surface area (TPSA) is 147 Å². The molecule has 0 atom stereocenters. The summed E-state index contributed by atoms with van der Waals surface area (Å²) in [6.07, 6.45) is 0. The number of ether oxygens (including phenoxy) is 3. The number of sulfonamides is 2. The lowest BCUT2D eigenvalue weighted by Gasteiger charge is -2.17. The molecule has 0 aromatic heterocycles. The Hall–Kier alpha value is -3.39. The SMILES string of the molecule is COCCOCCOCCN1CC(SCCNS(=O)(=O)c2cccc3c(N(C)C)cccc23)=C(SCCNS(=O)(=O)c2cccc3c(N(C)C)cccc23)C1=O. The molecule has 0 fully saturated rings. The van der Waals surface area contributed by atoms with E-state index in [4.69, 9.17) is 14.2 Å². The van der Waals surface area contributed by atoms with Crippen LogP contribution in [0.5, 0.6) is 0 Å². The highest BCUT2D eigenvalue weighted by Gasteiger charge is 2.31. The second-order valence-electron chi connectivity index (χ2n) is 13.2. The van der Waals surface area contributed by atoms with E-state index in [0.717, 1.165) is 27.1 Å². The molecule has 1 aliphatic rings. The van der Waals surface area contributed by atoms with Crippen LogP contribution >= 0.6 is 23.5 Å². The molecular weight excluding hydrogens is 795 g/mol. The highest BCUT2D eigenvalue weighted by atomic mass is 32.2. The third-order valence-corrected chi connectivity index (χ3v) is 14.3. The van der Waals surface area contributed by atoms with E-state index in [-0.39, 0.29) is 28.8 Å². The van der Waals surface area contributed by atoms with E-state index in [2.05, 4.69) is 9.44 Å². The van der Waals surface area contributed by atoms with Crippen molar-refractivity contribution in [3.63, 3.8) is 0 Å². The third-order valence-electron chi connectivity index (χ3n) is 8.95. The summed E-state index contributed by atoms with van der Waals surface area (Å²) < 4.78 is 75.6. The van der Waals surface area contributed by atoms with E-state index >= 15 is 0 Å². The first-order chi connectivity index (χ1) is 26.9. The Morgan fingerprint density at radius 3 is 1.62 bits per heavy atom. The van der Waals surface area contributed by atoms with Crippen molar-refractivity contribution < 1.29 is 35.8 Å². The summed E-state index contributed by atoms with van der Waals surface area (Å²) in [5, 5.41) is 2.93. The van der Waals surface area contributed by atoms with Gasteiger partial charge in [0.25, 0.3) is 5.91 Å². The van der Waals surface area contributed by atoms with Crippen molar-refractivity contribution in [1.29, 1.82) is 0 Å². The summed E-state index contributed by atoms with van der Waals surface area (Å²) in [5.41, 5.74) is 1.83. The Bertz CT molecular complexity index is 2230. The van der Waals surface area contributed by atoms with E-state index < -0.39 is 20.0 Å². The summed E-state index contributed by atoms with van der Waals surface area (Å²) in [6, 6.07) is 21.7. The van der Waals surface area contributed by atoms with Gasteiger partial charge in [0.15, 0.2) is 0 Å². The van der Waals surface area contributed by atoms with Gasteiger partial charge in [-0.25, -0.2) is 26.3 Å². The van der Waals surface area contributed by atoms with Crippen LogP contribution in [0.25, 0.3) is 21.5 Å². The van der Waals surface area contributed by atoms with E-state index in [0.29, 0.717) is 73.3 Å². The predicted octanol–water partition coefficient (Wildman–Crippen LogP) is 4.58. The molecule has 1 aliphatic heterocycles. The molecule has 13 nitrogen and oxygen atoms in total. The van der Waals surface area contributed by atoms with Crippen LogP contribution in [-0.4, -0.2) is 134 Å². The van der Waals surface area contributed by atoms with Gasteiger partial charge in [-0.15, -0.1) is 23.5 Å². The number of hydrogen-bond acceptors (Lipinski definition) is 12. The molecule has 1 amide bonds. The van der Waals surface area contributed by atoms with Crippen molar-refractivity contribution in [1.82, 2.24) is 14.3 Å². The lowest BCUT2D eigenvalue weighted by Crippen LogP contribution is -2.31. The van der Waals surface area contributed by atoms with Gasteiger partial charge in [0, 0.05) is 104 Å². The normalized spacial score (nSPS) is 13.7. The van der Waals surface area contributed by atoms with Crippen molar-refractivity contribution in [2.75, 3.05) is 116 Å². The number of rotatable bonds is 23. The zero-order valence-electron chi connectivity index (χ0n) is 32.4. The molecule has 5 rings (SSSR count). The molecule has 0 spiro atoms. The summed E-state index contributed by atoms with van der Waals surface area (Å²) in [7, 11) is 1.57. The molecule has 2 N–H and O–H groups in total. The van der Waals surface area contributed by atoms with Crippen LogP contribution in [0, 0.1) is 0 Å². The number of carbonyl (C=O) groups excluding carboxylic acids is 1. The highest BCUT2D eigenvalue weighted by molar-refractivity contribution is 8.07. The summed E-state index contributed by atoms with van der Waals surface area (Å²) in [6.45, 7) is 3.01. The van der Waals surface area contributed by atoms with Crippen LogP contribution in [0.4, 0.5) is 11.4 Å². The molecular formula is C39H51N5O8S4. The Kier molecular flexibility index (Phi) is 15.9. The van der Waals surface area contributed by atoms with Gasteiger partial charge in [0.2, 0.25) is 20.0 Å². The molecule has 0 saturated carbocycles. The van der Waals surface area contributed by atoms with Gasteiger partial charge in [-0.3, -0.25) is 4.79 Å². The standard InChI is InChI=1S/C39H51N5O8S4/c1-42(2)33-14-6-12-31-29(33)10-8-16-36(31)55(46,47)40-18-26-53-35-28-44(20-21-51-24-25-52-23-22-50-5)39(45)38(35)54-27-19-41-56(48,49)37-17-9-11-30-32(37)13-7-15-34(30)43(3)4/h6-17,40-41H,18-28H2,1-5H3. The number of benzene rings is 4. The molecule has 0 unspecified atom stereocenters. The number of carbonyl (C=O) groups is 1. The number of hydrogen-bond donors (Lipinski definition) is 2. The first kappa shape index (κ1) is 43.7. The van der Waals surface area contributed by atoms with E-state index in [1.54, 1.807) is 48.4 Å². The second kappa shape index (κ2) is 20.3. The lowest BCUT2D eigenvalue weighted by molar-refractivity contribution is -0.125. The monoisotopic (exact) mass is 845 g/mol. The van der Waals surface area contributed by atoms with E-state index in [9.17, 15) is 21.6 Å². The summed E-state index contributed by atoms with van der Waals surface area (Å²) >= 11 is 2.70. The molecule has 0 bridgehead atoms. The highest BCUT2D eigenvalue weighted by Crippen LogP contribution is 2.36. The smallest absolute Gasteiger partial charge is 0.261 e. The van der Waals surface area contributed by atoms with Crippen molar-refractivity contribution in [2.45, 2.75) is 9.79 Å². The van der Waals surface area contributed by atoms with Crippen molar-refractivity contribution >= 4 is 82.4 Å². The lowest BCUT2D eigenvalue weighted by atomic mass is 10.1. The van der Waals surface area contributed by atoms with Gasteiger partial charge in [-0.1, -0.05) is 48.5 Å². The fourth-order valence-corrected chi connectivity index (χ4v) is 11.2. The van der Waals surface area contributed by atoms with Crippen molar-refractivity contribution in [3.8, 4) is 0 Å². The minimum absolute atomic E-state index is 0.0953. The van der Waals surface area contributed by atoms with Crippen molar-refractivity contribution in [2.24, 2.45) is 0 Å². The largest absolute Gasteiger partial charge is 0.382 e. The molecule has 4 aromatic rings. The van der Waals surface area contributed by atoms with Gasteiger partial charge < -0.3 is 28.9 Å². The number of fused-ring (bicyclic) bond motifs is 2. The van der Waals surface area contributed by atoms with Crippen LogP contribution < -0.4 is 19.2 Å². The molecule has 0 radical (unpaired) electrons. The van der Waals surface area contributed by atoms with Gasteiger partial charge in [-0.05, 0) is 24.3 Å². The number of nitrogens with one attached hydrogen (secondary N) is 2. The minimum atomic E-state index is -3.86. The van der Waals surface area contributed by atoms with Crippen LogP contribution in [0.2, 0.25) is 0 Å². The molecule has 4 aromatic carbocycles. The van der Waals surface area contributed by atoms with Gasteiger partial charge >= 0.3 is 0 Å². The van der Waals surface area contributed by atoms with Crippen molar-refractivity contribution in [3.05, 3.63) is 82.6 Å². The molecule has 304 valence electrons. The number of anilines is 2. The Morgan fingerprint density at radius 2 is 1.11 bits per heavy atom. The number of methoxy groups -OCH3 is 1. The Balaban J connectivity index is 1.22. The fourth-order valence-electron chi connectivity index (χ4n) is 6.27. The molecule has 0 aliphatic carbocycles. The molecule has 1 heterocycles. The minimum Gasteiger partial charge on any atom is -0.382 e. The van der Waals surface area contributed by atoms with Crippen LogP contribution in [0.1, 0.15) is 0 Å². The summed E-state index contributed by atoms with van der Waals surface area (Å²) in [4.78, 5) is 21.0. The first-order valence-electron chi connectivity index (χ1n) is 18.2. The number of nitrogens with zero attached hydrogens (tertiary/aromatic N) is 3. The zero-order valence-corrected chi connectivity index (χ0v) is 35.7. The Labute approximate surface area is 339 Å². The molecule has 0 saturated heterocycles. The fraction of sp³-hybridized carbons (Fsp3) is 0.410. The van der Waals surface area contributed by atoms with Crippen LogP contribution in [0.3, 0.4) is 0 Å². The van der Waals surface area contributed by atoms with Gasteiger partial charge in [0.05, 0.1) is 54.3 Å². The number of amides is 1.